The quantitative estimate of drug-likeness (QED) is 0.651. The van der Waals surface area contributed by atoms with E-state index >= 15 is 0 Å². The molecule has 3 heteroatoms. The molecular weight excluding hydrogens is 236 g/mol. The van der Waals surface area contributed by atoms with E-state index in [0.29, 0.717) is 5.69 Å². The molecule has 0 saturated carbocycles. The lowest BCUT2D eigenvalue weighted by atomic mass is 10.2. The van der Waals surface area contributed by atoms with Gasteiger partial charge in [-0.3, -0.25) is 4.79 Å². The predicted molar refractivity (Wildman–Crippen MR) is 79.7 cm³/mol. The van der Waals surface area contributed by atoms with Gasteiger partial charge in [-0.2, -0.15) is 0 Å². The molecule has 2 aromatic rings. The number of benzene rings is 2. The minimum atomic E-state index is -0.152. The Morgan fingerprint density at radius 3 is 2.32 bits per heavy atom. The minimum Gasteiger partial charge on any atom is -0.399 e. The molecular formula is C16H16N2O. The van der Waals surface area contributed by atoms with Crippen LogP contribution in [0.5, 0.6) is 0 Å². The predicted octanol–water partition coefficient (Wildman–Crippen LogP) is 3.23. The third-order valence-electron chi connectivity index (χ3n) is 2.68. The lowest BCUT2D eigenvalue weighted by Crippen LogP contribution is -2.07. The molecule has 3 N–H and O–H groups in total. The van der Waals surface area contributed by atoms with Gasteiger partial charge in [0, 0.05) is 17.5 Å². The third kappa shape index (κ3) is 4.00. The second kappa shape index (κ2) is 5.87. The first kappa shape index (κ1) is 12.9. The maximum Gasteiger partial charge on any atom is 0.248 e. The Morgan fingerprint density at radius 2 is 1.68 bits per heavy atom. The van der Waals surface area contributed by atoms with E-state index in [1.807, 2.05) is 43.3 Å². The third-order valence-corrected chi connectivity index (χ3v) is 2.68. The van der Waals surface area contributed by atoms with Crippen molar-refractivity contribution >= 4 is 23.4 Å². The van der Waals surface area contributed by atoms with E-state index in [1.165, 1.54) is 6.08 Å². The number of rotatable bonds is 3. The first-order valence-electron chi connectivity index (χ1n) is 6.05. The van der Waals surface area contributed by atoms with Crippen molar-refractivity contribution in [3.05, 3.63) is 65.7 Å². The SMILES string of the molecule is Cc1ccc(NC(=O)/C=C/c2ccc(N)cc2)cc1. The Kier molecular flexibility index (Phi) is 3.98. The smallest absolute Gasteiger partial charge is 0.248 e. The Balaban J connectivity index is 1.97. The maximum absolute atomic E-state index is 11.7. The summed E-state index contributed by atoms with van der Waals surface area (Å²) in [5.74, 6) is -0.152. The van der Waals surface area contributed by atoms with Crippen LogP contribution in [-0.2, 0) is 4.79 Å². The molecule has 0 fully saturated rings. The lowest BCUT2D eigenvalue weighted by molar-refractivity contribution is -0.111. The Hall–Kier alpha value is -2.55. The summed E-state index contributed by atoms with van der Waals surface area (Å²) < 4.78 is 0. The normalized spacial score (nSPS) is 10.6. The summed E-state index contributed by atoms with van der Waals surface area (Å²) in [6.45, 7) is 2.01. The molecule has 0 bridgehead atoms. The van der Waals surface area contributed by atoms with E-state index in [4.69, 9.17) is 5.73 Å². The summed E-state index contributed by atoms with van der Waals surface area (Å²) >= 11 is 0. The van der Waals surface area contributed by atoms with Crippen LogP contribution in [0.25, 0.3) is 6.08 Å². The van der Waals surface area contributed by atoms with E-state index in [9.17, 15) is 4.79 Å². The fourth-order valence-corrected chi connectivity index (χ4v) is 1.60. The molecule has 0 saturated heterocycles. The number of aryl methyl sites for hydroxylation is 1. The van der Waals surface area contributed by atoms with Gasteiger partial charge in [-0.05, 0) is 42.8 Å². The van der Waals surface area contributed by atoms with Crippen molar-refractivity contribution in [1.29, 1.82) is 0 Å². The molecule has 3 nitrogen and oxygen atoms in total. The van der Waals surface area contributed by atoms with Gasteiger partial charge in [0.25, 0.3) is 0 Å². The second-order valence-electron chi connectivity index (χ2n) is 4.36. The molecule has 2 rings (SSSR count). The first-order chi connectivity index (χ1) is 9.13. The zero-order valence-electron chi connectivity index (χ0n) is 10.8. The van der Waals surface area contributed by atoms with E-state index in [1.54, 1.807) is 18.2 Å². The lowest BCUT2D eigenvalue weighted by Gasteiger charge is -2.02. The number of nitrogens with one attached hydrogen (secondary N) is 1. The van der Waals surface area contributed by atoms with Crippen LogP contribution in [0.1, 0.15) is 11.1 Å². The van der Waals surface area contributed by atoms with Gasteiger partial charge in [-0.1, -0.05) is 29.8 Å². The highest BCUT2D eigenvalue weighted by atomic mass is 16.1. The standard InChI is InChI=1S/C16H16N2O/c1-12-2-9-15(10-3-12)18-16(19)11-6-13-4-7-14(17)8-5-13/h2-11H,17H2,1H3,(H,18,19)/b11-6+. The fraction of sp³-hybridized carbons (Fsp3) is 0.0625. The van der Waals surface area contributed by atoms with Crippen LogP contribution in [-0.4, -0.2) is 5.91 Å². The van der Waals surface area contributed by atoms with Gasteiger partial charge < -0.3 is 11.1 Å². The monoisotopic (exact) mass is 252 g/mol. The van der Waals surface area contributed by atoms with Gasteiger partial charge in [-0.25, -0.2) is 0 Å². The summed E-state index contributed by atoms with van der Waals surface area (Å²) in [7, 11) is 0. The average Bonchev–Trinajstić information content (AvgIpc) is 2.41. The number of carbonyl (C=O) groups is 1. The molecule has 0 unspecified atom stereocenters. The van der Waals surface area contributed by atoms with E-state index < -0.39 is 0 Å². The molecule has 0 aliphatic heterocycles. The Labute approximate surface area is 112 Å². The average molecular weight is 252 g/mol. The molecule has 0 aromatic heterocycles. The topological polar surface area (TPSA) is 55.1 Å². The largest absolute Gasteiger partial charge is 0.399 e. The molecule has 0 aliphatic carbocycles. The van der Waals surface area contributed by atoms with Crippen molar-refractivity contribution < 1.29 is 4.79 Å². The van der Waals surface area contributed by atoms with Crippen molar-refractivity contribution in [3.8, 4) is 0 Å². The van der Waals surface area contributed by atoms with Gasteiger partial charge in [-0.15, -0.1) is 0 Å². The number of nitrogen functional groups attached to an aromatic ring is 1. The summed E-state index contributed by atoms with van der Waals surface area (Å²) in [5, 5.41) is 2.80. The van der Waals surface area contributed by atoms with Gasteiger partial charge >= 0.3 is 0 Å². The number of anilines is 2. The Morgan fingerprint density at radius 1 is 1.05 bits per heavy atom. The summed E-state index contributed by atoms with van der Waals surface area (Å²) in [6, 6.07) is 15.0. The number of amides is 1. The molecule has 0 spiro atoms. The minimum absolute atomic E-state index is 0.152. The molecule has 0 atom stereocenters. The number of carbonyl (C=O) groups excluding carboxylic acids is 1. The number of hydrogen-bond acceptors (Lipinski definition) is 2. The molecule has 0 heterocycles. The molecule has 1 amide bonds. The van der Waals surface area contributed by atoms with Gasteiger partial charge in [0.05, 0.1) is 0 Å². The van der Waals surface area contributed by atoms with Crippen LogP contribution in [0.3, 0.4) is 0 Å². The zero-order chi connectivity index (χ0) is 13.7. The van der Waals surface area contributed by atoms with E-state index in [0.717, 1.165) is 16.8 Å². The van der Waals surface area contributed by atoms with Crippen molar-refractivity contribution in [1.82, 2.24) is 0 Å². The number of hydrogen-bond donors (Lipinski definition) is 2. The van der Waals surface area contributed by atoms with Gasteiger partial charge in [0.2, 0.25) is 5.91 Å². The molecule has 0 aliphatic rings. The van der Waals surface area contributed by atoms with E-state index in [2.05, 4.69) is 5.32 Å². The van der Waals surface area contributed by atoms with Crippen molar-refractivity contribution in [2.45, 2.75) is 6.92 Å². The van der Waals surface area contributed by atoms with Gasteiger partial charge in [0.15, 0.2) is 0 Å². The number of nitrogens with two attached hydrogens (primary N) is 1. The zero-order valence-corrected chi connectivity index (χ0v) is 10.8. The first-order valence-corrected chi connectivity index (χ1v) is 6.05. The Bertz CT molecular complexity index is 583. The van der Waals surface area contributed by atoms with Crippen LogP contribution >= 0.6 is 0 Å². The van der Waals surface area contributed by atoms with Crippen LogP contribution in [0.2, 0.25) is 0 Å². The highest BCUT2D eigenvalue weighted by molar-refractivity contribution is 6.01. The molecule has 19 heavy (non-hydrogen) atoms. The second-order valence-corrected chi connectivity index (χ2v) is 4.36. The highest BCUT2D eigenvalue weighted by Gasteiger charge is 1.97. The van der Waals surface area contributed by atoms with Crippen LogP contribution in [0, 0.1) is 6.92 Å². The summed E-state index contributed by atoms with van der Waals surface area (Å²) in [6.07, 6.45) is 3.26. The van der Waals surface area contributed by atoms with Crippen molar-refractivity contribution in [2.24, 2.45) is 0 Å². The van der Waals surface area contributed by atoms with Crippen molar-refractivity contribution in [2.75, 3.05) is 11.1 Å². The highest BCUT2D eigenvalue weighted by Crippen LogP contribution is 2.10. The summed E-state index contributed by atoms with van der Waals surface area (Å²) in [4.78, 5) is 11.7. The molecule has 96 valence electrons. The van der Waals surface area contributed by atoms with Crippen LogP contribution in [0.15, 0.2) is 54.6 Å². The fourth-order valence-electron chi connectivity index (χ4n) is 1.60. The van der Waals surface area contributed by atoms with Gasteiger partial charge in [0.1, 0.15) is 0 Å². The maximum atomic E-state index is 11.7. The van der Waals surface area contributed by atoms with Crippen molar-refractivity contribution in [3.63, 3.8) is 0 Å². The van der Waals surface area contributed by atoms with Crippen LogP contribution < -0.4 is 11.1 Å². The molecule has 0 radical (unpaired) electrons. The van der Waals surface area contributed by atoms with Crippen LogP contribution in [0.4, 0.5) is 11.4 Å². The molecule has 2 aromatic carbocycles. The van der Waals surface area contributed by atoms with E-state index in [-0.39, 0.29) is 5.91 Å². The summed E-state index contributed by atoms with van der Waals surface area (Å²) in [5.41, 5.74) is 9.19.